The lowest BCUT2D eigenvalue weighted by Gasteiger charge is -2.29. The number of anilines is 1. The molecule has 1 fully saturated rings. The minimum Gasteiger partial charge on any atom is -0.392 e. The number of carbonyl (C=O) groups is 1. The van der Waals surface area contributed by atoms with Crippen molar-refractivity contribution in [1.29, 1.82) is 0 Å². The van der Waals surface area contributed by atoms with Gasteiger partial charge < -0.3 is 10.4 Å². The van der Waals surface area contributed by atoms with Crippen molar-refractivity contribution in [1.82, 2.24) is 0 Å². The highest BCUT2D eigenvalue weighted by atomic mass is 19.4. The lowest BCUT2D eigenvalue weighted by molar-refractivity contribution is -0.185. The number of aliphatic hydroxyl groups excluding tert-OH is 1. The lowest BCUT2D eigenvalue weighted by Crippen LogP contribution is -2.34. The Morgan fingerprint density at radius 1 is 1.24 bits per heavy atom. The van der Waals surface area contributed by atoms with Crippen LogP contribution < -0.4 is 5.32 Å². The summed E-state index contributed by atoms with van der Waals surface area (Å²) in [4.78, 5) is 12.1. The number of hydrogen-bond donors (Lipinski definition) is 2. The first kappa shape index (κ1) is 15.8. The molecule has 0 radical (unpaired) electrons. The molecule has 1 amide bonds. The summed E-state index contributed by atoms with van der Waals surface area (Å²) in [6, 6.07) is 6.59. The number of benzene rings is 1. The van der Waals surface area contributed by atoms with Crippen molar-refractivity contribution in [3.63, 3.8) is 0 Å². The normalized spacial score (nSPS) is 22.9. The van der Waals surface area contributed by atoms with E-state index in [4.69, 9.17) is 5.11 Å². The fraction of sp³-hybridized carbons (Fsp3) is 0.533. The van der Waals surface area contributed by atoms with Crippen molar-refractivity contribution in [2.24, 2.45) is 11.8 Å². The van der Waals surface area contributed by atoms with Gasteiger partial charge in [0.2, 0.25) is 5.91 Å². The van der Waals surface area contributed by atoms with E-state index in [0.29, 0.717) is 24.1 Å². The monoisotopic (exact) mass is 301 g/mol. The van der Waals surface area contributed by atoms with E-state index in [9.17, 15) is 18.0 Å². The maximum Gasteiger partial charge on any atom is 0.391 e. The maximum absolute atomic E-state index is 12.7. The topological polar surface area (TPSA) is 49.3 Å². The third-order valence-corrected chi connectivity index (χ3v) is 3.91. The number of amides is 1. The molecular weight excluding hydrogens is 283 g/mol. The van der Waals surface area contributed by atoms with Gasteiger partial charge in [0.15, 0.2) is 0 Å². The van der Waals surface area contributed by atoms with Crippen molar-refractivity contribution in [2.45, 2.75) is 38.5 Å². The van der Waals surface area contributed by atoms with E-state index < -0.39 is 18.0 Å². The average Bonchev–Trinajstić information content (AvgIpc) is 2.47. The van der Waals surface area contributed by atoms with Gasteiger partial charge >= 0.3 is 6.18 Å². The second-order valence-corrected chi connectivity index (χ2v) is 5.45. The zero-order valence-electron chi connectivity index (χ0n) is 11.5. The molecule has 1 saturated carbocycles. The average molecular weight is 301 g/mol. The molecule has 1 aliphatic rings. The lowest BCUT2D eigenvalue weighted by atomic mass is 9.80. The Morgan fingerprint density at radius 2 is 1.90 bits per heavy atom. The van der Waals surface area contributed by atoms with Crippen LogP contribution in [0.2, 0.25) is 0 Å². The number of carbonyl (C=O) groups excluding carboxylic acids is 1. The van der Waals surface area contributed by atoms with Crippen molar-refractivity contribution in [3.8, 4) is 0 Å². The molecule has 2 N–H and O–H groups in total. The molecule has 0 heterocycles. The van der Waals surface area contributed by atoms with Crippen LogP contribution in [0.1, 0.15) is 31.2 Å². The van der Waals surface area contributed by atoms with E-state index in [2.05, 4.69) is 5.32 Å². The van der Waals surface area contributed by atoms with E-state index >= 15 is 0 Å². The summed E-state index contributed by atoms with van der Waals surface area (Å²) in [6.07, 6.45) is -3.33. The highest BCUT2D eigenvalue weighted by Gasteiger charge is 2.43. The van der Waals surface area contributed by atoms with Gasteiger partial charge in [0.05, 0.1) is 12.5 Å². The molecule has 0 saturated heterocycles. The number of alkyl halides is 3. The smallest absolute Gasteiger partial charge is 0.391 e. The molecule has 21 heavy (non-hydrogen) atoms. The Labute approximate surface area is 121 Å². The van der Waals surface area contributed by atoms with Crippen molar-refractivity contribution in [3.05, 3.63) is 29.8 Å². The molecular formula is C15H18F3NO2. The van der Waals surface area contributed by atoms with Crippen LogP contribution in [0.4, 0.5) is 18.9 Å². The van der Waals surface area contributed by atoms with Crippen molar-refractivity contribution < 1.29 is 23.1 Å². The first-order valence-corrected chi connectivity index (χ1v) is 6.97. The van der Waals surface area contributed by atoms with Crippen LogP contribution in [0.3, 0.4) is 0 Å². The van der Waals surface area contributed by atoms with E-state index in [1.165, 1.54) is 0 Å². The predicted octanol–water partition coefficient (Wildman–Crippen LogP) is 3.49. The zero-order chi connectivity index (χ0) is 15.5. The molecule has 2 atom stereocenters. The largest absolute Gasteiger partial charge is 0.392 e. The second kappa shape index (κ2) is 6.47. The van der Waals surface area contributed by atoms with E-state index in [0.717, 1.165) is 0 Å². The Balaban J connectivity index is 1.96. The van der Waals surface area contributed by atoms with Crippen LogP contribution in [-0.4, -0.2) is 17.2 Å². The maximum atomic E-state index is 12.7. The van der Waals surface area contributed by atoms with Crippen LogP contribution in [0.15, 0.2) is 24.3 Å². The van der Waals surface area contributed by atoms with Crippen molar-refractivity contribution in [2.75, 3.05) is 5.32 Å². The zero-order valence-corrected chi connectivity index (χ0v) is 11.5. The fourth-order valence-electron chi connectivity index (χ4n) is 2.66. The van der Waals surface area contributed by atoms with E-state index in [-0.39, 0.29) is 25.4 Å². The number of halogens is 3. The number of rotatable bonds is 3. The second-order valence-electron chi connectivity index (χ2n) is 5.45. The first-order chi connectivity index (χ1) is 9.90. The van der Waals surface area contributed by atoms with Gasteiger partial charge in [-0.3, -0.25) is 4.79 Å². The highest BCUT2D eigenvalue weighted by molar-refractivity contribution is 5.92. The summed E-state index contributed by atoms with van der Waals surface area (Å²) in [5.74, 6) is -2.33. The van der Waals surface area contributed by atoms with Gasteiger partial charge in [0.1, 0.15) is 0 Å². The summed E-state index contributed by atoms with van der Waals surface area (Å²) in [5, 5.41) is 11.6. The molecule has 2 rings (SSSR count). The molecule has 116 valence electrons. The van der Waals surface area contributed by atoms with Gasteiger partial charge in [-0.15, -0.1) is 0 Å². The molecule has 6 heteroatoms. The van der Waals surface area contributed by atoms with Gasteiger partial charge in [-0.05, 0) is 37.0 Å². The van der Waals surface area contributed by atoms with Crippen LogP contribution in [0.25, 0.3) is 0 Å². The molecule has 1 aliphatic carbocycles. The van der Waals surface area contributed by atoms with Crippen LogP contribution in [-0.2, 0) is 11.4 Å². The minimum atomic E-state index is -4.22. The SMILES string of the molecule is O=C(Nc1ccc(CO)cc1)C1CCCC(C(F)(F)F)C1. The number of hydrogen-bond acceptors (Lipinski definition) is 2. The minimum absolute atomic E-state index is 0.0931. The standard InChI is InChI=1S/C15H18F3NO2/c16-15(17,18)12-3-1-2-11(8-12)14(21)19-13-6-4-10(9-20)5-7-13/h4-7,11-12,20H,1-3,8-9H2,(H,19,21). The number of aliphatic hydroxyl groups is 1. The van der Waals surface area contributed by atoms with Gasteiger partial charge in [0.25, 0.3) is 0 Å². The third kappa shape index (κ3) is 4.20. The van der Waals surface area contributed by atoms with Crippen LogP contribution in [0, 0.1) is 11.8 Å². The highest BCUT2D eigenvalue weighted by Crippen LogP contribution is 2.40. The quantitative estimate of drug-likeness (QED) is 0.898. The summed E-state index contributed by atoms with van der Waals surface area (Å²) in [6.45, 7) is -0.0931. The molecule has 1 aromatic rings. The first-order valence-electron chi connectivity index (χ1n) is 6.97. The molecule has 0 aliphatic heterocycles. The molecule has 0 spiro atoms. The fourth-order valence-corrected chi connectivity index (χ4v) is 2.66. The van der Waals surface area contributed by atoms with Gasteiger partial charge in [-0.2, -0.15) is 13.2 Å². The summed E-state index contributed by atoms with van der Waals surface area (Å²) in [5.41, 5.74) is 1.24. The van der Waals surface area contributed by atoms with Gasteiger partial charge in [0, 0.05) is 11.6 Å². The van der Waals surface area contributed by atoms with E-state index in [1.54, 1.807) is 24.3 Å². The Morgan fingerprint density at radius 3 is 2.48 bits per heavy atom. The van der Waals surface area contributed by atoms with Crippen LogP contribution >= 0.6 is 0 Å². The predicted molar refractivity (Wildman–Crippen MR) is 72.5 cm³/mol. The Hall–Kier alpha value is -1.56. The van der Waals surface area contributed by atoms with Gasteiger partial charge in [-0.25, -0.2) is 0 Å². The van der Waals surface area contributed by atoms with Crippen molar-refractivity contribution >= 4 is 11.6 Å². The Bertz CT molecular complexity index is 485. The molecule has 3 nitrogen and oxygen atoms in total. The molecule has 0 bridgehead atoms. The molecule has 2 unspecified atom stereocenters. The third-order valence-electron chi connectivity index (χ3n) is 3.91. The summed E-state index contributed by atoms with van der Waals surface area (Å²) < 4.78 is 38.2. The van der Waals surface area contributed by atoms with E-state index in [1.807, 2.05) is 0 Å². The summed E-state index contributed by atoms with van der Waals surface area (Å²) in [7, 11) is 0. The number of nitrogens with one attached hydrogen (secondary N) is 1. The molecule has 1 aromatic carbocycles. The van der Waals surface area contributed by atoms with Crippen LogP contribution in [0.5, 0.6) is 0 Å². The summed E-state index contributed by atoms with van der Waals surface area (Å²) >= 11 is 0. The van der Waals surface area contributed by atoms with Gasteiger partial charge in [-0.1, -0.05) is 18.6 Å². The molecule has 0 aromatic heterocycles. The Kier molecular flexibility index (Phi) is 4.88.